The third-order valence-corrected chi connectivity index (χ3v) is 4.78. The molecule has 0 saturated carbocycles. The quantitative estimate of drug-likeness (QED) is 0.878. The summed E-state index contributed by atoms with van der Waals surface area (Å²) in [5.41, 5.74) is 2.47. The molecule has 1 aromatic heterocycles. The Morgan fingerprint density at radius 3 is 2.57 bits per heavy atom. The number of halogens is 1. The number of nitrogens with zero attached hydrogens (tertiary/aromatic N) is 2. The second-order valence-electron chi connectivity index (χ2n) is 4.79. The monoisotopic (exact) mass is 325 g/mol. The van der Waals surface area contributed by atoms with Crippen molar-refractivity contribution >= 4 is 33.0 Å². The van der Waals surface area contributed by atoms with Gasteiger partial charge in [0.1, 0.15) is 10.0 Å². The van der Waals surface area contributed by atoms with Crippen molar-refractivity contribution in [2.45, 2.75) is 11.8 Å². The number of nitrogens with one attached hydrogen (secondary N) is 1. The average molecular weight is 326 g/mol. The zero-order chi connectivity index (χ0) is 15.6. The summed E-state index contributed by atoms with van der Waals surface area (Å²) in [5.74, 6) is 0. The van der Waals surface area contributed by atoms with E-state index < -0.39 is 10.0 Å². The second-order valence-corrected chi connectivity index (χ2v) is 6.80. The maximum absolute atomic E-state index is 12.3. The number of aromatic nitrogens is 1. The van der Waals surface area contributed by atoms with E-state index in [0.29, 0.717) is 5.69 Å². The lowest BCUT2D eigenvalue weighted by Crippen LogP contribution is -2.15. The molecular weight excluding hydrogens is 310 g/mol. The van der Waals surface area contributed by atoms with Gasteiger partial charge in [-0.05, 0) is 36.8 Å². The Hall–Kier alpha value is -1.79. The van der Waals surface area contributed by atoms with Crippen molar-refractivity contribution in [3.05, 3.63) is 47.2 Å². The molecule has 1 heterocycles. The van der Waals surface area contributed by atoms with Crippen LogP contribution < -0.4 is 9.62 Å². The van der Waals surface area contributed by atoms with Crippen molar-refractivity contribution < 1.29 is 8.42 Å². The molecule has 5 nitrogen and oxygen atoms in total. The van der Waals surface area contributed by atoms with E-state index in [-0.39, 0.29) is 10.0 Å². The Morgan fingerprint density at radius 1 is 1.24 bits per heavy atom. The number of anilines is 2. The molecule has 0 fully saturated rings. The molecule has 1 N–H and O–H groups in total. The van der Waals surface area contributed by atoms with Gasteiger partial charge in [-0.3, -0.25) is 4.72 Å². The fourth-order valence-corrected chi connectivity index (χ4v) is 3.44. The molecule has 112 valence electrons. The molecule has 0 unspecified atom stereocenters. The van der Waals surface area contributed by atoms with Gasteiger partial charge in [-0.1, -0.05) is 17.7 Å². The van der Waals surface area contributed by atoms with Crippen molar-refractivity contribution in [1.29, 1.82) is 0 Å². The first-order chi connectivity index (χ1) is 9.81. The molecule has 1 aromatic carbocycles. The fourth-order valence-electron chi connectivity index (χ4n) is 1.94. The van der Waals surface area contributed by atoms with Crippen LogP contribution in [-0.4, -0.2) is 27.5 Å². The zero-order valence-electron chi connectivity index (χ0n) is 12.0. The van der Waals surface area contributed by atoms with Crippen molar-refractivity contribution in [2.24, 2.45) is 0 Å². The molecule has 0 radical (unpaired) electrons. The van der Waals surface area contributed by atoms with E-state index in [4.69, 9.17) is 11.6 Å². The highest BCUT2D eigenvalue weighted by molar-refractivity contribution is 7.92. The Bertz CT molecular complexity index is 761. The van der Waals surface area contributed by atoms with Crippen LogP contribution in [0, 0.1) is 6.92 Å². The minimum Gasteiger partial charge on any atom is -0.377 e. The molecule has 0 amide bonds. The molecule has 0 spiro atoms. The number of aryl methyl sites for hydroxylation is 1. The maximum Gasteiger partial charge on any atom is 0.264 e. The van der Waals surface area contributed by atoms with Gasteiger partial charge in [-0.15, -0.1) is 0 Å². The lowest BCUT2D eigenvalue weighted by atomic mass is 10.2. The minimum absolute atomic E-state index is 0.0429. The standard InChI is InChI=1S/C14H16ClN3O2S/c1-10-6-7-11(9-12(10)18(2)3)17-21(19,20)13-5-4-8-16-14(13)15/h4-9,17H,1-3H3. The summed E-state index contributed by atoms with van der Waals surface area (Å²) < 4.78 is 27.2. The fraction of sp³-hybridized carbons (Fsp3) is 0.214. The average Bonchev–Trinajstić information content (AvgIpc) is 2.40. The second kappa shape index (κ2) is 5.91. The van der Waals surface area contributed by atoms with Gasteiger partial charge in [0.15, 0.2) is 0 Å². The maximum atomic E-state index is 12.3. The van der Waals surface area contributed by atoms with E-state index in [0.717, 1.165) is 11.3 Å². The summed E-state index contributed by atoms with van der Waals surface area (Å²) in [5, 5.41) is -0.0510. The van der Waals surface area contributed by atoms with Crippen LogP contribution >= 0.6 is 11.6 Å². The lowest BCUT2D eigenvalue weighted by Gasteiger charge is -2.17. The predicted molar refractivity (Wildman–Crippen MR) is 85.6 cm³/mol. The molecule has 0 aliphatic carbocycles. The predicted octanol–water partition coefficient (Wildman–Crippen LogP) is 2.91. The lowest BCUT2D eigenvalue weighted by molar-refractivity contribution is 0.601. The first-order valence-corrected chi connectivity index (χ1v) is 8.08. The van der Waals surface area contributed by atoms with E-state index in [2.05, 4.69) is 9.71 Å². The summed E-state index contributed by atoms with van der Waals surface area (Å²) in [7, 11) is 0.0405. The Kier molecular flexibility index (Phi) is 4.39. The molecule has 7 heteroatoms. The summed E-state index contributed by atoms with van der Waals surface area (Å²) in [6.45, 7) is 1.96. The van der Waals surface area contributed by atoms with Crippen LogP contribution in [0.1, 0.15) is 5.56 Å². The van der Waals surface area contributed by atoms with Gasteiger partial charge >= 0.3 is 0 Å². The number of rotatable bonds is 4. The highest BCUT2D eigenvalue weighted by Crippen LogP contribution is 2.26. The van der Waals surface area contributed by atoms with E-state index in [1.54, 1.807) is 12.1 Å². The third kappa shape index (κ3) is 3.46. The van der Waals surface area contributed by atoms with Crippen molar-refractivity contribution in [3.63, 3.8) is 0 Å². The van der Waals surface area contributed by atoms with Gasteiger partial charge < -0.3 is 4.90 Å². The molecule has 2 aromatic rings. The molecule has 0 aliphatic heterocycles. The number of hydrogen-bond acceptors (Lipinski definition) is 4. The number of pyridine rings is 1. The molecule has 0 saturated heterocycles. The minimum atomic E-state index is -3.76. The van der Waals surface area contributed by atoms with Crippen LogP contribution in [-0.2, 0) is 10.0 Å². The Balaban J connectivity index is 2.38. The zero-order valence-corrected chi connectivity index (χ0v) is 13.5. The smallest absolute Gasteiger partial charge is 0.264 e. The van der Waals surface area contributed by atoms with Crippen LogP contribution in [0.2, 0.25) is 5.15 Å². The first kappa shape index (κ1) is 15.6. The van der Waals surface area contributed by atoms with Gasteiger partial charge in [0.05, 0.1) is 5.69 Å². The Morgan fingerprint density at radius 2 is 1.95 bits per heavy atom. The van der Waals surface area contributed by atoms with Gasteiger partial charge in [0.2, 0.25) is 0 Å². The molecule has 0 bridgehead atoms. The van der Waals surface area contributed by atoms with Crippen LogP contribution in [0.15, 0.2) is 41.4 Å². The summed E-state index contributed by atoms with van der Waals surface area (Å²) >= 11 is 5.84. The van der Waals surface area contributed by atoms with Crippen LogP contribution in [0.25, 0.3) is 0 Å². The summed E-state index contributed by atoms with van der Waals surface area (Å²) in [6.07, 6.45) is 1.44. The Labute approximate surface area is 129 Å². The van der Waals surface area contributed by atoms with Crippen molar-refractivity contribution in [2.75, 3.05) is 23.7 Å². The van der Waals surface area contributed by atoms with Crippen LogP contribution in [0.4, 0.5) is 11.4 Å². The number of hydrogen-bond donors (Lipinski definition) is 1. The SMILES string of the molecule is Cc1ccc(NS(=O)(=O)c2cccnc2Cl)cc1N(C)C. The molecular formula is C14H16ClN3O2S. The van der Waals surface area contributed by atoms with E-state index in [1.165, 1.54) is 18.3 Å². The summed E-state index contributed by atoms with van der Waals surface area (Å²) in [6, 6.07) is 8.29. The summed E-state index contributed by atoms with van der Waals surface area (Å²) in [4.78, 5) is 5.66. The topological polar surface area (TPSA) is 62.3 Å². The van der Waals surface area contributed by atoms with Gasteiger partial charge in [0, 0.05) is 26.0 Å². The van der Waals surface area contributed by atoms with E-state index in [9.17, 15) is 8.42 Å². The third-order valence-electron chi connectivity index (χ3n) is 2.96. The number of sulfonamides is 1. The van der Waals surface area contributed by atoms with E-state index >= 15 is 0 Å². The van der Waals surface area contributed by atoms with Gasteiger partial charge in [0.25, 0.3) is 10.0 Å². The van der Waals surface area contributed by atoms with Crippen molar-refractivity contribution in [1.82, 2.24) is 4.98 Å². The van der Waals surface area contributed by atoms with Crippen LogP contribution in [0.5, 0.6) is 0 Å². The molecule has 0 atom stereocenters. The molecule has 2 rings (SSSR count). The van der Waals surface area contributed by atoms with Crippen LogP contribution in [0.3, 0.4) is 0 Å². The van der Waals surface area contributed by atoms with Gasteiger partial charge in [-0.2, -0.15) is 0 Å². The first-order valence-electron chi connectivity index (χ1n) is 6.22. The largest absolute Gasteiger partial charge is 0.377 e. The highest BCUT2D eigenvalue weighted by atomic mass is 35.5. The molecule has 0 aliphatic rings. The number of benzene rings is 1. The van der Waals surface area contributed by atoms with Gasteiger partial charge in [-0.25, -0.2) is 13.4 Å². The van der Waals surface area contributed by atoms with Crippen molar-refractivity contribution in [3.8, 4) is 0 Å². The normalized spacial score (nSPS) is 11.2. The van der Waals surface area contributed by atoms with E-state index in [1.807, 2.05) is 32.0 Å². The highest BCUT2D eigenvalue weighted by Gasteiger charge is 2.18. The molecule has 21 heavy (non-hydrogen) atoms.